The molecule has 2 rings (SSSR count). The highest BCUT2D eigenvalue weighted by atomic mass is 32.1. The van der Waals surface area contributed by atoms with E-state index in [1.165, 1.54) is 35.6 Å². The van der Waals surface area contributed by atoms with E-state index in [0.29, 0.717) is 11.4 Å². The molecule has 10 heteroatoms. The summed E-state index contributed by atoms with van der Waals surface area (Å²) in [4.78, 5) is 47.0. The normalized spacial score (nSPS) is 10.2. The van der Waals surface area contributed by atoms with Crippen LogP contribution in [0.4, 0.5) is 10.7 Å². The van der Waals surface area contributed by atoms with Crippen molar-refractivity contribution in [2.24, 2.45) is 0 Å². The zero-order valence-electron chi connectivity index (χ0n) is 15.2. The fourth-order valence-corrected chi connectivity index (χ4v) is 3.17. The van der Waals surface area contributed by atoms with Crippen LogP contribution >= 0.6 is 11.3 Å². The van der Waals surface area contributed by atoms with Crippen LogP contribution in [0.2, 0.25) is 0 Å². The fourth-order valence-electron chi connectivity index (χ4n) is 2.17. The summed E-state index contributed by atoms with van der Waals surface area (Å²) in [5.74, 6) is -1.96. The highest BCUT2D eigenvalue weighted by Crippen LogP contribution is 2.29. The van der Waals surface area contributed by atoms with Crippen molar-refractivity contribution in [1.82, 2.24) is 0 Å². The van der Waals surface area contributed by atoms with E-state index in [1.54, 1.807) is 13.0 Å². The molecular formula is C18H18N2O7S. The molecular weight excluding hydrogens is 388 g/mol. The minimum absolute atomic E-state index is 0.0787. The molecule has 148 valence electrons. The lowest BCUT2D eigenvalue weighted by atomic mass is 10.2. The molecule has 0 aliphatic heterocycles. The molecule has 0 aliphatic carbocycles. The van der Waals surface area contributed by atoms with E-state index in [9.17, 15) is 24.5 Å². The number of nitrogens with zero attached hydrogens (tertiary/aromatic N) is 1. The number of non-ortho nitro benzene ring substituents is 1. The van der Waals surface area contributed by atoms with Gasteiger partial charge in [0.25, 0.3) is 11.6 Å². The number of rotatable bonds is 8. The quantitative estimate of drug-likeness (QED) is 0.405. The van der Waals surface area contributed by atoms with Gasteiger partial charge in [0.15, 0.2) is 6.61 Å². The second-order valence-corrected chi connectivity index (χ2v) is 6.59. The summed E-state index contributed by atoms with van der Waals surface area (Å²) in [5.41, 5.74) is 0.166. The lowest BCUT2D eigenvalue weighted by Crippen LogP contribution is -2.21. The Labute approximate surface area is 164 Å². The number of carbonyl (C=O) groups is 3. The average Bonchev–Trinajstić information content (AvgIpc) is 3.09. The molecule has 0 saturated heterocycles. The Morgan fingerprint density at radius 1 is 1.11 bits per heavy atom. The summed E-state index contributed by atoms with van der Waals surface area (Å²) in [6.07, 6.45) is 0.683. The number of nitro benzene ring substituents is 1. The number of nitrogens with one attached hydrogen (secondary N) is 1. The SMILES string of the molecule is CCOC(=O)c1cc(CC)sc1NC(=O)COC(=O)c1ccc([N+](=O)[O-])cc1. The molecule has 0 unspecified atom stereocenters. The maximum Gasteiger partial charge on any atom is 0.341 e. The monoisotopic (exact) mass is 406 g/mol. The van der Waals surface area contributed by atoms with Crippen molar-refractivity contribution in [3.8, 4) is 0 Å². The Balaban J connectivity index is 1.98. The van der Waals surface area contributed by atoms with E-state index in [-0.39, 0.29) is 23.4 Å². The van der Waals surface area contributed by atoms with E-state index >= 15 is 0 Å². The number of hydrogen-bond donors (Lipinski definition) is 1. The van der Waals surface area contributed by atoms with Crippen LogP contribution in [0.5, 0.6) is 0 Å². The topological polar surface area (TPSA) is 125 Å². The predicted molar refractivity (Wildman–Crippen MR) is 102 cm³/mol. The first-order chi connectivity index (χ1) is 13.3. The van der Waals surface area contributed by atoms with Crippen molar-refractivity contribution in [3.05, 3.63) is 56.5 Å². The summed E-state index contributed by atoms with van der Waals surface area (Å²) in [7, 11) is 0. The van der Waals surface area contributed by atoms with Gasteiger partial charge in [-0.15, -0.1) is 11.3 Å². The molecule has 0 saturated carbocycles. The number of hydrogen-bond acceptors (Lipinski definition) is 8. The van der Waals surface area contributed by atoms with Crippen molar-refractivity contribution in [1.29, 1.82) is 0 Å². The molecule has 0 bridgehead atoms. The molecule has 1 aromatic heterocycles. The van der Waals surface area contributed by atoms with Crippen molar-refractivity contribution < 1.29 is 28.8 Å². The van der Waals surface area contributed by atoms with Gasteiger partial charge < -0.3 is 14.8 Å². The van der Waals surface area contributed by atoms with Crippen molar-refractivity contribution in [3.63, 3.8) is 0 Å². The molecule has 0 radical (unpaired) electrons. The minimum atomic E-state index is -0.795. The van der Waals surface area contributed by atoms with Crippen molar-refractivity contribution in [2.45, 2.75) is 20.3 Å². The van der Waals surface area contributed by atoms with Crippen LogP contribution in [0.25, 0.3) is 0 Å². The van der Waals surface area contributed by atoms with E-state index in [1.807, 2.05) is 6.92 Å². The molecule has 0 fully saturated rings. The van der Waals surface area contributed by atoms with Gasteiger partial charge in [-0.1, -0.05) is 6.92 Å². The van der Waals surface area contributed by atoms with Crippen LogP contribution in [0.15, 0.2) is 30.3 Å². The molecule has 2 aromatic rings. The number of anilines is 1. The van der Waals surface area contributed by atoms with E-state index < -0.39 is 29.4 Å². The molecule has 9 nitrogen and oxygen atoms in total. The zero-order chi connectivity index (χ0) is 20.7. The first-order valence-corrected chi connectivity index (χ1v) is 9.18. The third-order valence-corrected chi connectivity index (χ3v) is 4.72. The minimum Gasteiger partial charge on any atom is -0.462 e. The van der Waals surface area contributed by atoms with Gasteiger partial charge in [-0.05, 0) is 31.5 Å². The Kier molecular flexibility index (Phi) is 7.21. The van der Waals surface area contributed by atoms with E-state index in [0.717, 1.165) is 4.88 Å². The van der Waals surface area contributed by atoms with Gasteiger partial charge in [-0.3, -0.25) is 14.9 Å². The van der Waals surface area contributed by atoms with Crippen LogP contribution in [-0.4, -0.2) is 36.0 Å². The molecule has 1 heterocycles. The van der Waals surface area contributed by atoms with E-state index in [4.69, 9.17) is 9.47 Å². The number of aryl methyl sites for hydroxylation is 1. The number of ether oxygens (including phenoxy) is 2. The molecule has 0 spiro atoms. The summed E-state index contributed by atoms with van der Waals surface area (Å²) in [5, 5.41) is 13.5. The Bertz CT molecular complexity index is 890. The maximum absolute atomic E-state index is 12.1. The Morgan fingerprint density at radius 3 is 2.36 bits per heavy atom. The summed E-state index contributed by atoms with van der Waals surface area (Å²) in [6.45, 7) is 3.23. The number of benzene rings is 1. The van der Waals surface area contributed by atoms with E-state index in [2.05, 4.69) is 5.32 Å². The number of nitro groups is 1. The van der Waals surface area contributed by atoms with Gasteiger partial charge in [0.1, 0.15) is 5.00 Å². The first-order valence-electron chi connectivity index (χ1n) is 8.37. The third-order valence-electron chi connectivity index (χ3n) is 3.53. The molecule has 0 aliphatic rings. The average molecular weight is 406 g/mol. The molecule has 1 amide bonds. The Hall–Kier alpha value is -3.27. The Morgan fingerprint density at radius 2 is 1.79 bits per heavy atom. The van der Waals surface area contributed by atoms with Gasteiger partial charge >= 0.3 is 11.9 Å². The van der Waals surface area contributed by atoms with Crippen molar-refractivity contribution >= 4 is 39.9 Å². The van der Waals surface area contributed by atoms with Crippen LogP contribution in [-0.2, 0) is 20.7 Å². The maximum atomic E-state index is 12.1. The summed E-state index contributed by atoms with van der Waals surface area (Å²) < 4.78 is 9.88. The van der Waals surface area contributed by atoms with Gasteiger partial charge in [-0.2, -0.15) is 0 Å². The third kappa shape index (κ3) is 5.36. The second kappa shape index (κ2) is 9.60. The van der Waals surface area contributed by atoms with Gasteiger partial charge in [0.05, 0.1) is 22.7 Å². The molecule has 1 N–H and O–H groups in total. The molecule has 1 aromatic carbocycles. The van der Waals surface area contributed by atoms with Crippen LogP contribution < -0.4 is 5.32 Å². The number of amides is 1. The van der Waals surface area contributed by atoms with Gasteiger partial charge in [-0.25, -0.2) is 9.59 Å². The summed E-state index contributed by atoms with van der Waals surface area (Å²) in [6, 6.07) is 6.47. The summed E-state index contributed by atoms with van der Waals surface area (Å²) >= 11 is 1.24. The smallest absolute Gasteiger partial charge is 0.341 e. The largest absolute Gasteiger partial charge is 0.462 e. The number of carbonyl (C=O) groups excluding carboxylic acids is 3. The number of esters is 2. The molecule has 28 heavy (non-hydrogen) atoms. The lowest BCUT2D eigenvalue weighted by Gasteiger charge is -2.07. The second-order valence-electron chi connectivity index (χ2n) is 5.46. The van der Waals surface area contributed by atoms with Crippen LogP contribution in [0.3, 0.4) is 0 Å². The highest BCUT2D eigenvalue weighted by Gasteiger charge is 2.19. The zero-order valence-corrected chi connectivity index (χ0v) is 16.0. The fraction of sp³-hybridized carbons (Fsp3) is 0.278. The first kappa shape index (κ1) is 21.0. The lowest BCUT2D eigenvalue weighted by molar-refractivity contribution is -0.384. The number of thiophene rings is 1. The highest BCUT2D eigenvalue weighted by molar-refractivity contribution is 7.16. The van der Waals surface area contributed by atoms with Gasteiger partial charge in [0, 0.05) is 17.0 Å². The van der Waals surface area contributed by atoms with Crippen LogP contribution in [0.1, 0.15) is 39.4 Å². The standard InChI is InChI=1S/C18H18N2O7S/c1-3-13-9-14(18(23)26-4-2)16(28-13)19-15(21)10-27-17(22)11-5-7-12(8-6-11)20(24)25/h5-9H,3-4,10H2,1-2H3,(H,19,21). The van der Waals surface area contributed by atoms with Crippen molar-refractivity contribution in [2.75, 3.05) is 18.5 Å². The van der Waals surface area contributed by atoms with Gasteiger partial charge in [0.2, 0.25) is 0 Å². The predicted octanol–water partition coefficient (Wildman–Crippen LogP) is 3.19. The van der Waals surface area contributed by atoms with Crippen LogP contribution in [0, 0.1) is 10.1 Å². The molecule has 0 atom stereocenters.